The van der Waals surface area contributed by atoms with Gasteiger partial charge in [0.2, 0.25) is 10.0 Å². The molecule has 0 aliphatic carbocycles. The van der Waals surface area contributed by atoms with Crippen LogP contribution in [0.4, 0.5) is 5.69 Å². The molecule has 0 fully saturated rings. The minimum atomic E-state index is -3.47. The summed E-state index contributed by atoms with van der Waals surface area (Å²) in [5.41, 5.74) is 3.14. The molecule has 0 saturated heterocycles. The van der Waals surface area contributed by atoms with Gasteiger partial charge in [0, 0.05) is 11.7 Å². The van der Waals surface area contributed by atoms with Crippen LogP contribution in [-0.2, 0) is 10.0 Å². The molecule has 0 aliphatic heterocycles. The van der Waals surface area contributed by atoms with E-state index in [2.05, 4.69) is 24.0 Å². The van der Waals surface area contributed by atoms with E-state index >= 15 is 0 Å². The minimum Gasteiger partial charge on any atom is -0.324 e. The first kappa shape index (κ1) is 15.9. The van der Waals surface area contributed by atoms with Crippen LogP contribution in [0.1, 0.15) is 33.6 Å². The number of anilines is 1. The highest BCUT2D eigenvalue weighted by molar-refractivity contribution is 7.89. The van der Waals surface area contributed by atoms with E-state index in [1.54, 1.807) is 12.1 Å². The molecule has 19 heavy (non-hydrogen) atoms. The number of rotatable bonds is 7. The number of hydrazine groups is 1. The molecule has 0 aliphatic rings. The lowest BCUT2D eigenvalue weighted by Gasteiger charge is -2.22. The molecule has 0 spiro atoms. The van der Waals surface area contributed by atoms with Crippen molar-refractivity contribution in [3.63, 3.8) is 0 Å². The molecule has 108 valence electrons. The molecule has 0 bridgehead atoms. The Morgan fingerprint density at radius 1 is 1.16 bits per heavy atom. The van der Waals surface area contributed by atoms with Gasteiger partial charge in [0.25, 0.3) is 0 Å². The Morgan fingerprint density at radius 3 is 2.11 bits per heavy atom. The summed E-state index contributed by atoms with van der Waals surface area (Å²) in [5.74, 6) is 5.60. The Morgan fingerprint density at radius 2 is 1.68 bits per heavy atom. The van der Waals surface area contributed by atoms with E-state index in [9.17, 15) is 8.42 Å². The zero-order valence-electron chi connectivity index (χ0n) is 11.7. The highest BCUT2D eigenvalue weighted by Gasteiger charge is 2.21. The second-order valence-corrected chi connectivity index (χ2v) is 6.37. The van der Waals surface area contributed by atoms with Crippen LogP contribution in [-0.4, -0.2) is 14.5 Å². The molecule has 4 N–H and O–H groups in total. The van der Waals surface area contributed by atoms with Crippen LogP contribution in [0.5, 0.6) is 0 Å². The summed E-state index contributed by atoms with van der Waals surface area (Å²) >= 11 is 0. The van der Waals surface area contributed by atoms with E-state index < -0.39 is 10.0 Å². The first-order chi connectivity index (χ1) is 8.94. The zero-order valence-corrected chi connectivity index (χ0v) is 12.5. The van der Waals surface area contributed by atoms with E-state index in [0.717, 1.165) is 12.8 Å². The lowest BCUT2D eigenvalue weighted by molar-refractivity contribution is 0.391. The van der Waals surface area contributed by atoms with Crippen molar-refractivity contribution in [1.82, 2.24) is 4.72 Å². The number of nitrogen functional groups attached to an aromatic ring is 1. The molecule has 0 radical (unpaired) electrons. The summed E-state index contributed by atoms with van der Waals surface area (Å²) in [6, 6.07) is 6.27. The molecule has 0 saturated carbocycles. The third-order valence-electron chi connectivity index (χ3n) is 3.43. The molecule has 1 unspecified atom stereocenters. The highest BCUT2D eigenvalue weighted by atomic mass is 32.2. The van der Waals surface area contributed by atoms with Crippen LogP contribution in [0.25, 0.3) is 0 Å². The first-order valence-electron chi connectivity index (χ1n) is 6.53. The topological polar surface area (TPSA) is 84.2 Å². The van der Waals surface area contributed by atoms with Crippen molar-refractivity contribution < 1.29 is 8.42 Å². The van der Waals surface area contributed by atoms with Crippen LogP contribution in [0, 0.1) is 5.92 Å². The fourth-order valence-corrected chi connectivity index (χ4v) is 3.45. The summed E-state index contributed by atoms with van der Waals surface area (Å²) in [4.78, 5) is 0.254. The second-order valence-electron chi connectivity index (χ2n) is 4.66. The van der Waals surface area contributed by atoms with Crippen molar-refractivity contribution in [3.05, 3.63) is 24.3 Å². The van der Waals surface area contributed by atoms with E-state index in [0.29, 0.717) is 11.6 Å². The molecule has 1 atom stereocenters. The van der Waals surface area contributed by atoms with Gasteiger partial charge < -0.3 is 5.43 Å². The van der Waals surface area contributed by atoms with E-state index in [-0.39, 0.29) is 10.9 Å². The van der Waals surface area contributed by atoms with Gasteiger partial charge in [-0.1, -0.05) is 26.7 Å². The van der Waals surface area contributed by atoms with E-state index in [1.165, 1.54) is 12.1 Å². The average molecular weight is 285 g/mol. The number of hydrogen-bond acceptors (Lipinski definition) is 4. The van der Waals surface area contributed by atoms with Gasteiger partial charge in [-0.05, 0) is 37.1 Å². The van der Waals surface area contributed by atoms with Gasteiger partial charge in [-0.15, -0.1) is 0 Å². The van der Waals surface area contributed by atoms with Gasteiger partial charge >= 0.3 is 0 Å². The summed E-state index contributed by atoms with van der Waals surface area (Å²) < 4.78 is 27.2. The molecule has 5 nitrogen and oxygen atoms in total. The average Bonchev–Trinajstić information content (AvgIpc) is 2.39. The predicted molar refractivity (Wildman–Crippen MR) is 78.1 cm³/mol. The maximum atomic E-state index is 12.2. The maximum Gasteiger partial charge on any atom is 0.240 e. The Labute approximate surface area is 115 Å². The molecule has 1 aromatic rings. The lowest BCUT2D eigenvalue weighted by atomic mass is 9.96. The van der Waals surface area contributed by atoms with Gasteiger partial charge in [-0.25, -0.2) is 13.1 Å². The van der Waals surface area contributed by atoms with Gasteiger partial charge in [0.05, 0.1) is 4.90 Å². The minimum absolute atomic E-state index is 0.0766. The van der Waals surface area contributed by atoms with Crippen molar-refractivity contribution in [3.8, 4) is 0 Å². The van der Waals surface area contributed by atoms with Crippen LogP contribution < -0.4 is 16.0 Å². The Hall–Kier alpha value is -1.11. The molecular formula is C13H23N3O2S. The van der Waals surface area contributed by atoms with Crippen molar-refractivity contribution in [2.45, 2.75) is 44.6 Å². The summed E-state index contributed by atoms with van der Waals surface area (Å²) in [5, 5.41) is 0. The lowest BCUT2D eigenvalue weighted by Crippen LogP contribution is -2.37. The van der Waals surface area contributed by atoms with Crippen molar-refractivity contribution in [2.24, 2.45) is 11.8 Å². The quantitative estimate of drug-likeness (QED) is 0.529. The Bertz CT molecular complexity index is 481. The number of nitrogens with two attached hydrogens (primary N) is 1. The number of hydrogen-bond donors (Lipinski definition) is 3. The first-order valence-corrected chi connectivity index (χ1v) is 8.01. The van der Waals surface area contributed by atoms with Crippen LogP contribution in [0.15, 0.2) is 29.2 Å². The fourth-order valence-electron chi connectivity index (χ4n) is 2.14. The molecule has 0 amide bonds. The monoisotopic (exact) mass is 285 g/mol. The standard InChI is InChI=1S/C13H23N3O2S/c1-4-11(5-2)10(3)16-19(17,18)13-8-6-12(15-14)7-9-13/h6-11,15-16H,4-5,14H2,1-3H3. The SMILES string of the molecule is CCC(CC)C(C)NS(=O)(=O)c1ccc(NN)cc1. The van der Waals surface area contributed by atoms with Crippen molar-refractivity contribution >= 4 is 15.7 Å². The molecule has 1 rings (SSSR count). The summed E-state index contributed by atoms with van der Waals surface area (Å²) in [6.45, 7) is 6.05. The van der Waals surface area contributed by atoms with E-state index in [1.807, 2.05) is 6.92 Å². The van der Waals surface area contributed by atoms with Gasteiger partial charge in [0.15, 0.2) is 0 Å². The third kappa shape index (κ3) is 4.19. The summed E-state index contributed by atoms with van der Waals surface area (Å²) in [6.07, 6.45) is 1.91. The van der Waals surface area contributed by atoms with E-state index in [4.69, 9.17) is 5.84 Å². The Balaban J connectivity index is 2.85. The molecule has 0 heterocycles. The fraction of sp³-hybridized carbons (Fsp3) is 0.538. The molecule has 1 aromatic carbocycles. The predicted octanol–water partition coefficient (Wildman–Crippen LogP) is 2.08. The third-order valence-corrected chi connectivity index (χ3v) is 5.00. The van der Waals surface area contributed by atoms with Crippen molar-refractivity contribution in [2.75, 3.05) is 5.43 Å². The zero-order chi connectivity index (χ0) is 14.5. The maximum absolute atomic E-state index is 12.2. The molecule has 0 aromatic heterocycles. The van der Waals surface area contributed by atoms with Crippen molar-refractivity contribution in [1.29, 1.82) is 0 Å². The van der Waals surface area contributed by atoms with Gasteiger partial charge in [-0.2, -0.15) is 0 Å². The second kappa shape index (κ2) is 6.88. The van der Waals surface area contributed by atoms with Crippen LogP contribution >= 0.6 is 0 Å². The number of nitrogens with one attached hydrogen (secondary N) is 2. The highest BCUT2D eigenvalue weighted by Crippen LogP contribution is 2.17. The van der Waals surface area contributed by atoms with Crippen LogP contribution in [0.3, 0.4) is 0 Å². The van der Waals surface area contributed by atoms with Crippen LogP contribution in [0.2, 0.25) is 0 Å². The molecular weight excluding hydrogens is 262 g/mol. The Kier molecular flexibility index (Phi) is 5.78. The molecule has 6 heteroatoms. The normalized spacial score (nSPS) is 13.5. The smallest absolute Gasteiger partial charge is 0.240 e. The summed E-state index contributed by atoms with van der Waals surface area (Å²) in [7, 11) is -3.47. The van der Waals surface area contributed by atoms with Gasteiger partial charge in [-0.3, -0.25) is 5.84 Å². The number of benzene rings is 1. The largest absolute Gasteiger partial charge is 0.324 e. The number of sulfonamides is 1. The van der Waals surface area contributed by atoms with Gasteiger partial charge in [0.1, 0.15) is 0 Å².